The lowest BCUT2D eigenvalue weighted by molar-refractivity contribution is -0.137. The first-order valence-corrected chi connectivity index (χ1v) is 13.2. The second-order valence-electron chi connectivity index (χ2n) is 9.87. The quantitative estimate of drug-likeness (QED) is 0.479. The number of carbonyl (C=O) groups is 2. The molecule has 2 aromatic rings. The Balaban J connectivity index is 1.48. The van der Waals surface area contributed by atoms with E-state index >= 15 is 0 Å². The van der Waals surface area contributed by atoms with Crippen LogP contribution in [0.4, 0.5) is 13.2 Å². The first kappa shape index (κ1) is 28.5. The minimum absolute atomic E-state index is 0.0180. The number of amides is 2. The van der Waals surface area contributed by atoms with Crippen molar-refractivity contribution in [2.75, 3.05) is 45.8 Å². The fourth-order valence-electron chi connectivity index (χ4n) is 5.14. The third kappa shape index (κ3) is 6.74. The van der Waals surface area contributed by atoms with Crippen molar-refractivity contribution < 1.29 is 27.5 Å². The number of carbonyl (C=O) groups excluding carboxylic acids is 2. The van der Waals surface area contributed by atoms with Crippen LogP contribution in [0.25, 0.3) is 0 Å². The van der Waals surface area contributed by atoms with E-state index in [0.717, 1.165) is 17.7 Å². The van der Waals surface area contributed by atoms with Crippen molar-refractivity contribution in [3.63, 3.8) is 0 Å². The zero-order valence-corrected chi connectivity index (χ0v) is 22.7. The van der Waals surface area contributed by atoms with Gasteiger partial charge in [-0.15, -0.1) is 0 Å². The summed E-state index contributed by atoms with van der Waals surface area (Å²) in [7, 11) is 0. The van der Waals surface area contributed by atoms with Crippen molar-refractivity contribution in [3.8, 4) is 5.75 Å². The van der Waals surface area contributed by atoms with Crippen LogP contribution in [0.15, 0.2) is 42.5 Å². The monoisotopic (exact) mass is 571 g/mol. The molecule has 38 heavy (non-hydrogen) atoms. The summed E-state index contributed by atoms with van der Waals surface area (Å²) in [5, 5.41) is 0.837. The summed E-state index contributed by atoms with van der Waals surface area (Å²) in [6, 6.07) is 10.0. The summed E-state index contributed by atoms with van der Waals surface area (Å²) in [4.78, 5) is 30.5. The van der Waals surface area contributed by atoms with Gasteiger partial charge in [-0.05, 0) is 48.9 Å². The number of benzene rings is 2. The van der Waals surface area contributed by atoms with Crippen molar-refractivity contribution in [2.45, 2.75) is 32.0 Å². The third-order valence-electron chi connectivity index (χ3n) is 7.37. The second kappa shape index (κ2) is 11.7. The maximum absolute atomic E-state index is 13.3. The molecule has 0 radical (unpaired) electrons. The fourth-order valence-corrected chi connectivity index (χ4v) is 5.45. The summed E-state index contributed by atoms with van der Waals surface area (Å²) in [6.07, 6.45) is -4.82. The topological polar surface area (TPSA) is 53.1 Å². The number of hydrogen-bond donors (Lipinski definition) is 0. The van der Waals surface area contributed by atoms with E-state index in [4.69, 9.17) is 27.9 Å². The van der Waals surface area contributed by atoms with E-state index in [0.29, 0.717) is 55.1 Å². The molecule has 0 aliphatic carbocycles. The van der Waals surface area contributed by atoms with E-state index in [9.17, 15) is 22.8 Å². The standard InChI is InChI=1S/C27H30Cl2F3N3O3/c1-17(38-21-6-4-20(5-7-21)27(30,31)32)22-14-35(15-23(22)19-3-8-24(28)25(29)13-19)26(37)16-33-9-11-34(12-10-33)18(2)36/h3-8,13,17,22-23H,9-12,14-16H2,1-2H3. The summed E-state index contributed by atoms with van der Waals surface area (Å²) >= 11 is 12.4. The Morgan fingerprint density at radius 2 is 1.63 bits per heavy atom. The van der Waals surface area contributed by atoms with Gasteiger partial charge in [-0.1, -0.05) is 29.3 Å². The van der Waals surface area contributed by atoms with Gasteiger partial charge in [0.15, 0.2) is 0 Å². The smallest absolute Gasteiger partial charge is 0.416 e. The number of piperazine rings is 1. The minimum Gasteiger partial charge on any atom is -0.490 e. The van der Waals surface area contributed by atoms with Crippen LogP contribution in [0.5, 0.6) is 5.75 Å². The normalized spacial score (nSPS) is 21.4. The average Bonchev–Trinajstić information content (AvgIpc) is 3.32. The molecule has 3 unspecified atom stereocenters. The number of hydrogen-bond acceptors (Lipinski definition) is 4. The molecule has 2 fully saturated rings. The molecule has 2 heterocycles. The molecule has 2 aliphatic heterocycles. The molecule has 0 N–H and O–H groups in total. The van der Waals surface area contributed by atoms with Gasteiger partial charge in [-0.2, -0.15) is 13.2 Å². The predicted octanol–water partition coefficient (Wildman–Crippen LogP) is 5.19. The lowest BCUT2D eigenvalue weighted by Gasteiger charge is -2.34. The minimum atomic E-state index is -4.42. The Morgan fingerprint density at radius 3 is 2.21 bits per heavy atom. The van der Waals surface area contributed by atoms with Crippen LogP contribution in [0.3, 0.4) is 0 Å². The van der Waals surface area contributed by atoms with Crippen LogP contribution in [0, 0.1) is 5.92 Å². The summed E-state index contributed by atoms with van der Waals surface area (Å²) in [5.41, 5.74) is 0.172. The molecule has 3 atom stereocenters. The van der Waals surface area contributed by atoms with Crippen molar-refractivity contribution >= 4 is 35.0 Å². The van der Waals surface area contributed by atoms with E-state index < -0.39 is 17.8 Å². The maximum atomic E-state index is 13.3. The van der Waals surface area contributed by atoms with E-state index in [-0.39, 0.29) is 30.2 Å². The second-order valence-corrected chi connectivity index (χ2v) is 10.7. The predicted molar refractivity (Wildman–Crippen MR) is 140 cm³/mol. The highest BCUT2D eigenvalue weighted by Gasteiger charge is 2.41. The highest BCUT2D eigenvalue weighted by molar-refractivity contribution is 6.42. The molecular formula is C27H30Cl2F3N3O3. The number of ether oxygens (including phenoxy) is 1. The SMILES string of the molecule is CC(=O)N1CCN(CC(=O)N2CC(c3ccc(Cl)c(Cl)c3)C(C(C)Oc3ccc(C(F)(F)F)cc3)C2)CC1. The first-order valence-electron chi connectivity index (χ1n) is 12.5. The van der Waals surface area contributed by atoms with Gasteiger partial charge in [-0.25, -0.2) is 0 Å². The summed E-state index contributed by atoms with van der Waals surface area (Å²) < 4.78 is 44.9. The molecule has 4 rings (SSSR count). The van der Waals surface area contributed by atoms with Gasteiger partial charge >= 0.3 is 6.18 Å². The van der Waals surface area contributed by atoms with Gasteiger partial charge in [0.1, 0.15) is 11.9 Å². The van der Waals surface area contributed by atoms with Crippen molar-refractivity contribution in [3.05, 3.63) is 63.6 Å². The van der Waals surface area contributed by atoms with Gasteiger partial charge in [-0.3, -0.25) is 14.5 Å². The highest BCUT2D eigenvalue weighted by atomic mass is 35.5. The maximum Gasteiger partial charge on any atom is 0.416 e. The Bertz CT molecular complexity index is 1150. The van der Waals surface area contributed by atoms with Gasteiger partial charge in [0, 0.05) is 58.0 Å². The fraction of sp³-hybridized carbons (Fsp3) is 0.481. The molecule has 206 valence electrons. The van der Waals surface area contributed by atoms with Crippen LogP contribution in [-0.4, -0.2) is 78.4 Å². The van der Waals surface area contributed by atoms with E-state index in [1.54, 1.807) is 24.0 Å². The zero-order chi connectivity index (χ0) is 27.6. The Morgan fingerprint density at radius 1 is 0.974 bits per heavy atom. The lowest BCUT2D eigenvalue weighted by Crippen LogP contribution is -2.51. The van der Waals surface area contributed by atoms with Gasteiger partial charge in [0.25, 0.3) is 0 Å². The van der Waals surface area contributed by atoms with Crippen molar-refractivity contribution in [1.82, 2.24) is 14.7 Å². The van der Waals surface area contributed by atoms with Crippen LogP contribution >= 0.6 is 23.2 Å². The Hall–Kier alpha value is -2.49. The van der Waals surface area contributed by atoms with Crippen LogP contribution in [-0.2, 0) is 15.8 Å². The molecule has 0 spiro atoms. The average molecular weight is 572 g/mol. The van der Waals surface area contributed by atoms with E-state index in [1.165, 1.54) is 12.1 Å². The number of likely N-dealkylation sites (tertiary alicyclic amines) is 1. The molecular weight excluding hydrogens is 542 g/mol. The number of rotatable bonds is 6. The highest BCUT2D eigenvalue weighted by Crippen LogP contribution is 2.39. The number of nitrogens with zero attached hydrogens (tertiary/aromatic N) is 3. The summed E-state index contributed by atoms with van der Waals surface area (Å²) in [6.45, 7) is 6.99. The number of alkyl halides is 3. The lowest BCUT2D eigenvalue weighted by atomic mass is 9.85. The molecule has 2 aromatic carbocycles. The number of halogens is 5. The largest absolute Gasteiger partial charge is 0.490 e. The summed E-state index contributed by atoms with van der Waals surface area (Å²) in [5.74, 6) is 0.104. The molecule has 6 nitrogen and oxygen atoms in total. The molecule has 2 aliphatic rings. The third-order valence-corrected chi connectivity index (χ3v) is 8.11. The molecule has 0 aromatic heterocycles. The Labute approximate surface area is 230 Å². The molecule has 2 saturated heterocycles. The van der Waals surface area contributed by atoms with Crippen LogP contribution in [0.2, 0.25) is 10.0 Å². The zero-order valence-electron chi connectivity index (χ0n) is 21.2. The van der Waals surface area contributed by atoms with Gasteiger partial charge in [0.05, 0.1) is 22.2 Å². The van der Waals surface area contributed by atoms with Gasteiger partial charge < -0.3 is 14.5 Å². The van der Waals surface area contributed by atoms with Gasteiger partial charge in [0.2, 0.25) is 11.8 Å². The van der Waals surface area contributed by atoms with Crippen molar-refractivity contribution in [1.29, 1.82) is 0 Å². The molecule has 11 heteroatoms. The molecule has 0 saturated carbocycles. The van der Waals surface area contributed by atoms with Crippen LogP contribution in [0.1, 0.15) is 30.9 Å². The van der Waals surface area contributed by atoms with Crippen molar-refractivity contribution in [2.24, 2.45) is 5.92 Å². The van der Waals surface area contributed by atoms with E-state index in [1.807, 2.05) is 22.8 Å². The molecule has 0 bridgehead atoms. The van der Waals surface area contributed by atoms with Crippen LogP contribution < -0.4 is 4.74 Å². The molecule has 2 amide bonds. The van der Waals surface area contributed by atoms with E-state index in [2.05, 4.69) is 0 Å². The Kier molecular flexibility index (Phi) is 8.79. The first-order chi connectivity index (χ1) is 17.9.